The molecule has 5 atom stereocenters. The molecule has 35 heavy (non-hydrogen) atoms. The molecule has 1 aliphatic heterocycles. The Balaban J connectivity index is 1.84. The summed E-state index contributed by atoms with van der Waals surface area (Å²) in [5.74, 6) is -0.702. The number of benzene rings is 2. The van der Waals surface area contributed by atoms with Crippen molar-refractivity contribution in [2.24, 2.45) is 5.92 Å². The van der Waals surface area contributed by atoms with E-state index in [0.717, 1.165) is 5.56 Å². The average molecular weight is 477 g/mol. The zero-order chi connectivity index (χ0) is 25.0. The molecule has 5 rings (SSSR count). The lowest BCUT2D eigenvalue weighted by molar-refractivity contribution is -0.157. The predicted molar refractivity (Wildman–Crippen MR) is 127 cm³/mol. The molecule has 1 aromatic heterocycles. The summed E-state index contributed by atoms with van der Waals surface area (Å²) in [6.07, 6.45) is -0.0397. The van der Waals surface area contributed by atoms with E-state index >= 15 is 0 Å². The summed E-state index contributed by atoms with van der Waals surface area (Å²) in [7, 11) is 6.35. The summed E-state index contributed by atoms with van der Waals surface area (Å²) in [6.45, 7) is 0. The Morgan fingerprint density at radius 1 is 1.03 bits per heavy atom. The number of rotatable bonds is 5. The number of pyridine rings is 1. The van der Waals surface area contributed by atoms with Crippen LogP contribution in [0.2, 0.25) is 0 Å². The normalized spacial score (nSPS) is 28.6. The highest BCUT2D eigenvalue weighted by atomic mass is 16.5. The Hall–Kier alpha value is -3.62. The van der Waals surface area contributed by atoms with Gasteiger partial charge in [-0.05, 0) is 23.3 Å². The molecule has 0 saturated heterocycles. The first-order valence-corrected chi connectivity index (χ1v) is 11.3. The maximum atomic E-state index is 13.5. The minimum absolute atomic E-state index is 0.164. The molecule has 0 unspecified atom stereocenters. The summed E-state index contributed by atoms with van der Waals surface area (Å²) >= 11 is 0. The number of aliphatic hydroxyl groups excluding tert-OH is 1. The van der Waals surface area contributed by atoms with E-state index in [1.165, 1.54) is 18.2 Å². The highest BCUT2D eigenvalue weighted by Gasteiger charge is 2.78. The van der Waals surface area contributed by atoms with Crippen molar-refractivity contribution in [2.75, 3.05) is 28.3 Å². The average Bonchev–Trinajstić information content (AvgIpc) is 3.26. The van der Waals surface area contributed by atoms with E-state index in [4.69, 9.17) is 14.2 Å². The molecule has 2 aliphatic rings. The van der Waals surface area contributed by atoms with Gasteiger partial charge in [-0.15, -0.1) is 0 Å². The summed E-state index contributed by atoms with van der Waals surface area (Å²) in [5, 5.41) is 24.3. The second-order valence-electron chi connectivity index (χ2n) is 9.15. The van der Waals surface area contributed by atoms with Crippen LogP contribution in [0.15, 0.2) is 66.9 Å². The van der Waals surface area contributed by atoms with E-state index in [-0.39, 0.29) is 11.6 Å². The van der Waals surface area contributed by atoms with Crippen LogP contribution in [0.4, 0.5) is 0 Å². The first-order chi connectivity index (χ1) is 16.8. The summed E-state index contributed by atoms with van der Waals surface area (Å²) in [4.78, 5) is 19.4. The largest absolute Gasteiger partial charge is 0.497 e. The fourth-order valence-corrected chi connectivity index (χ4v) is 5.66. The van der Waals surface area contributed by atoms with Crippen molar-refractivity contribution in [3.63, 3.8) is 0 Å². The van der Waals surface area contributed by atoms with Gasteiger partial charge in [-0.2, -0.15) is 0 Å². The van der Waals surface area contributed by atoms with Gasteiger partial charge in [0.05, 0.1) is 26.3 Å². The number of carbonyl (C=O) groups is 1. The number of methoxy groups -OCH3 is 2. The van der Waals surface area contributed by atoms with Crippen LogP contribution in [0.25, 0.3) is 0 Å². The van der Waals surface area contributed by atoms with Crippen molar-refractivity contribution in [3.8, 4) is 17.2 Å². The second-order valence-corrected chi connectivity index (χ2v) is 9.15. The van der Waals surface area contributed by atoms with Gasteiger partial charge >= 0.3 is 0 Å². The maximum absolute atomic E-state index is 13.5. The molecule has 182 valence electrons. The fraction of sp³-hybridized carbons (Fsp3) is 0.333. The number of nitrogens with zero attached hydrogens (tertiary/aromatic N) is 2. The van der Waals surface area contributed by atoms with Crippen LogP contribution in [0.3, 0.4) is 0 Å². The van der Waals surface area contributed by atoms with E-state index in [9.17, 15) is 15.0 Å². The molecular formula is C27H28N2O6. The van der Waals surface area contributed by atoms with Crippen LogP contribution in [0, 0.1) is 5.92 Å². The minimum Gasteiger partial charge on any atom is -0.497 e. The van der Waals surface area contributed by atoms with E-state index in [2.05, 4.69) is 4.98 Å². The molecular weight excluding hydrogens is 448 g/mol. The van der Waals surface area contributed by atoms with Gasteiger partial charge in [-0.3, -0.25) is 9.78 Å². The highest BCUT2D eigenvalue weighted by molar-refractivity contribution is 5.82. The van der Waals surface area contributed by atoms with Crippen LogP contribution in [-0.4, -0.2) is 60.4 Å². The van der Waals surface area contributed by atoms with Gasteiger partial charge in [0.1, 0.15) is 29.0 Å². The van der Waals surface area contributed by atoms with Crippen LogP contribution < -0.4 is 14.2 Å². The Labute approximate surface area is 203 Å². The second kappa shape index (κ2) is 8.25. The molecule has 0 spiro atoms. The number of hydrogen-bond donors (Lipinski definition) is 2. The molecule has 1 saturated carbocycles. The number of hydrogen-bond acceptors (Lipinski definition) is 7. The first kappa shape index (κ1) is 23.1. The zero-order valence-electron chi connectivity index (χ0n) is 20.0. The topological polar surface area (TPSA) is 101 Å². The molecule has 1 fully saturated rings. The number of ether oxygens (including phenoxy) is 3. The van der Waals surface area contributed by atoms with Crippen LogP contribution >= 0.6 is 0 Å². The van der Waals surface area contributed by atoms with E-state index in [0.29, 0.717) is 22.8 Å². The molecule has 8 nitrogen and oxygen atoms in total. The quantitative estimate of drug-likeness (QED) is 0.583. The van der Waals surface area contributed by atoms with Gasteiger partial charge < -0.3 is 29.3 Å². The van der Waals surface area contributed by atoms with Crippen LogP contribution in [0.1, 0.15) is 22.7 Å². The molecule has 1 aliphatic carbocycles. The number of aliphatic hydroxyl groups is 2. The first-order valence-electron chi connectivity index (χ1n) is 11.3. The number of carbonyl (C=O) groups excluding carboxylic acids is 1. The Bertz CT molecular complexity index is 1250. The third-order valence-electron chi connectivity index (χ3n) is 7.23. The van der Waals surface area contributed by atoms with Gasteiger partial charge in [0.2, 0.25) is 5.91 Å². The van der Waals surface area contributed by atoms with Gasteiger partial charge in [0, 0.05) is 26.1 Å². The number of aromatic nitrogens is 1. The molecule has 2 aromatic carbocycles. The van der Waals surface area contributed by atoms with Crippen molar-refractivity contribution < 1.29 is 29.2 Å². The number of fused-ring (bicyclic) bond motifs is 3. The SMILES string of the molecule is COc1ccc([C@@]23Oc4cc(OC)cnc4[C@]2(O)[C@H](O)[C@H](C(=O)N(C)C)[C@H]3c2ccccc2)cc1. The lowest BCUT2D eigenvalue weighted by Gasteiger charge is -2.40. The van der Waals surface area contributed by atoms with E-state index in [1.54, 1.807) is 51.5 Å². The lowest BCUT2D eigenvalue weighted by Crippen LogP contribution is -2.52. The van der Waals surface area contributed by atoms with Crippen molar-refractivity contribution >= 4 is 5.91 Å². The van der Waals surface area contributed by atoms with Crippen LogP contribution in [0.5, 0.6) is 17.2 Å². The molecule has 2 heterocycles. The lowest BCUT2D eigenvalue weighted by atomic mass is 9.71. The Morgan fingerprint density at radius 2 is 1.69 bits per heavy atom. The minimum atomic E-state index is -2.03. The highest BCUT2D eigenvalue weighted by Crippen LogP contribution is 2.68. The molecule has 0 radical (unpaired) electrons. The van der Waals surface area contributed by atoms with E-state index in [1.807, 2.05) is 30.3 Å². The van der Waals surface area contributed by atoms with Gasteiger partial charge in [-0.25, -0.2) is 0 Å². The number of amides is 1. The van der Waals surface area contributed by atoms with E-state index < -0.39 is 29.1 Å². The molecule has 0 bridgehead atoms. The van der Waals surface area contributed by atoms with Crippen molar-refractivity contribution in [1.82, 2.24) is 9.88 Å². The Morgan fingerprint density at radius 3 is 2.29 bits per heavy atom. The van der Waals surface area contributed by atoms with Crippen molar-refractivity contribution in [1.29, 1.82) is 0 Å². The fourth-order valence-electron chi connectivity index (χ4n) is 5.66. The summed E-state index contributed by atoms with van der Waals surface area (Å²) in [5.41, 5.74) is -2.09. The molecule has 8 heteroatoms. The molecule has 1 amide bonds. The third kappa shape index (κ3) is 3.06. The zero-order valence-corrected chi connectivity index (χ0v) is 20.0. The predicted octanol–water partition coefficient (Wildman–Crippen LogP) is 2.44. The van der Waals surface area contributed by atoms with Crippen LogP contribution in [-0.2, 0) is 16.0 Å². The van der Waals surface area contributed by atoms with Gasteiger partial charge in [-0.1, -0.05) is 42.5 Å². The summed E-state index contributed by atoms with van der Waals surface area (Å²) < 4.78 is 17.3. The van der Waals surface area contributed by atoms with Crippen molar-refractivity contribution in [3.05, 3.63) is 83.7 Å². The Kier molecular flexibility index (Phi) is 5.45. The maximum Gasteiger partial charge on any atom is 0.228 e. The molecule has 3 aromatic rings. The van der Waals surface area contributed by atoms with Gasteiger partial charge in [0.15, 0.2) is 11.2 Å². The summed E-state index contributed by atoms with van der Waals surface area (Å²) in [6, 6.07) is 18.1. The smallest absolute Gasteiger partial charge is 0.228 e. The van der Waals surface area contributed by atoms with Crippen molar-refractivity contribution in [2.45, 2.75) is 23.2 Å². The molecule has 2 N–H and O–H groups in total. The third-order valence-corrected chi connectivity index (χ3v) is 7.23. The monoisotopic (exact) mass is 476 g/mol. The standard InChI is InChI=1S/C27H28N2O6/c1-29(2)25(31)21-22(16-8-6-5-7-9-16)27(17-10-12-18(33-3)13-11-17)26(32,24(21)30)23-20(35-27)14-19(34-4)15-28-23/h5-15,21-22,24,30,32H,1-4H3/t21-,22-,24-,26+,27+/m1/s1. The van der Waals surface area contributed by atoms with Gasteiger partial charge in [0.25, 0.3) is 0 Å².